The number of alkyl halides is 1. The fourth-order valence-corrected chi connectivity index (χ4v) is 5.15. The van der Waals surface area contributed by atoms with Crippen LogP contribution in [-0.4, -0.2) is 23.7 Å². The molecule has 2 nitrogen and oxygen atoms in total. The minimum atomic E-state index is -1.67. The lowest BCUT2D eigenvalue weighted by Gasteiger charge is -2.50. The van der Waals surface area contributed by atoms with E-state index in [-0.39, 0.29) is 12.0 Å². The number of hydrogen-bond donors (Lipinski definition) is 0. The maximum Gasteiger partial charge on any atom is 0.126 e. The highest BCUT2D eigenvalue weighted by atomic mass is 35.5. The zero-order chi connectivity index (χ0) is 23.8. The van der Waals surface area contributed by atoms with E-state index in [0.717, 1.165) is 17.2 Å². The maximum atomic E-state index is 15.3. The van der Waals surface area contributed by atoms with Gasteiger partial charge in [0.1, 0.15) is 17.3 Å². The van der Waals surface area contributed by atoms with Gasteiger partial charge in [-0.3, -0.25) is 4.90 Å². The molecule has 33 heavy (non-hydrogen) atoms. The first kappa shape index (κ1) is 23.4. The van der Waals surface area contributed by atoms with E-state index in [1.54, 1.807) is 18.2 Å². The van der Waals surface area contributed by atoms with Gasteiger partial charge in [0.25, 0.3) is 0 Å². The van der Waals surface area contributed by atoms with Gasteiger partial charge in [-0.25, -0.2) is 13.2 Å². The van der Waals surface area contributed by atoms with Crippen molar-refractivity contribution in [3.05, 3.63) is 106 Å². The van der Waals surface area contributed by atoms with E-state index in [1.807, 2.05) is 30.3 Å². The largest absolute Gasteiger partial charge is 0.292 e. The van der Waals surface area contributed by atoms with Gasteiger partial charge in [-0.05, 0) is 66.8 Å². The summed E-state index contributed by atoms with van der Waals surface area (Å²) in [4.78, 5) is 2.17. The molecule has 1 fully saturated rings. The van der Waals surface area contributed by atoms with Gasteiger partial charge in [0.15, 0.2) is 0 Å². The second-order valence-electron chi connectivity index (χ2n) is 9.11. The van der Waals surface area contributed by atoms with Crippen LogP contribution in [0.25, 0.3) is 0 Å². The molecule has 3 aromatic carbocycles. The third-order valence-electron chi connectivity index (χ3n) is 6.32. The third-order valence-corrected chi connectivity index (χ3v) is 6.57. The Balaban J connectivity index is 1.67. The van der Waals surface area contributed by atoms with E-state index in [0.29, 0.717) is 29.2 Å². The zero-order valence-corrected chi connectivity index (χ0v) is 19.2. The van der Waals surface area contributed by atoms with Crippen LogP contribution in [0.3, 0.4) is 0 Å². The molecule has 4 rings (SSSR count). The Kier molecular flexibility index (Phi) is 6.52. The summed E-state index contributed by atoms with van der Waals surface area (Å²) in [6, 6.07) is 20.1. The molecule has 0 spiro atoms. The molecule has 0 aliphatic carbocycles. The predicted octanol–water partition coefficient (Wildman–Crippen LogP) is 7.04. The molecule has 0 aromatic heterocycles. The van der Waals surface area contributed by atoms with Crippen LogP contribution in [0, 0.1) is 28.9 Å². The molecule has 0 amide bonds. The number of halogens is 4. The lowest BCUT2D eigenvalue weighted by molar-refractivity contribution is 0.00799. The van der Waals surface area contributed by atoms with Gasteiger partial charge < -0.3 is 0 Å². The summed E-state index contributed by atoms with van der Waals surface area (Å²) in [5, 5.41) is 10.3. The Hall–Kier alpha value is -2.81. The van der Waals surface area contributed by atoms with Gasteiger partial charge in [-0.15, -0.1) is 0 Å². The second-order valence-corrected chi connectivity index (χ2v) is 9.55. The molecule has 2 atom stereocenters. The van der Waals surface area contributed by atoms with Crippen molar-refractivity contribution in [2.45, 2.75) is 31.5 Å². The first-order chi connectivity index (χ1) is 15.7. The zero-order valence-electron chi connectivity index (χ0n) is 18.4. The monoisotopic (exact) mass is 468 g/mol. The Labute approximate surface area is 197 Å². The average Bonchev–Trinajstić information content (AvgIpc) is 2.72. The van der Waals surface area contributed by atoms with Gasteiger partial charge in [0.2, 0.25) is 0 Å². The molecule has 6 heteroatoms. The fraction of sp³-hybridized carbons (Fsp3) is 0.296. The SMILES string of the molecule is CC(C)(F)[C@H](c1cc(F)cc(F)c1)C1CN([C@@H](c2ccc(Cl)cc2)c2ccccc2C#N)C1. The normalized spacial score (nSPS) is 16.6. The summed E-state index contributed by atoms with van der Waals surface area (Å²) in [6.45, 7) is 3.93. The number of likely N-dealkylation sites (tertiary alicyclic amines) is 1. The molecule has 170 valence electrons. The number of nitriles is 1. The van der Waals surface area contributed by atoms with Crippen LogP contribution in [0.15, 0.2) is 66.7 Å². The molecule has 3 aromatic rings. The number of benzene rings is 3. The van der Waals surface area contributed by atoms with E-state index in [9.17, 15) is 14.0 Å². The summed E-state index contributed by atoms with van der Waals surface area (Å²) in [7, 11) is 0. The van der Waals surface area contributed by atoms with Crippen molar-refractivity contribution in [3.63, 3.8) is 0 Å². The molecule has 0 radical (unpaired) electrons. The quantitative estimate of drug-likeness (QED) is 0.388. The molecule has 1 aliphatic heterocycles. The summed E-state index contributed by atoms with van der Waals surface area (Å²) < 4.78 is 43.1. The van der Waals surface area contributed by atoms with Crippen LogP contribution in [-0.2, 0) is 0 Å². The molecular formula is C27H24ClF3N2. The van der Waals surface area contributed by atoms with Gasteiger partial charge in [-0.2, -0.15) is 5.26 Å². The predicted molar refractivity (Wildman–Crippen MR) is 124 cm³/mol. The van der Waals surface area contributed by atoms with Crippen molar-refractivity contribution >= 4 is 11.6 Å². The highest BCUT2D eigenvalue weighted by Crippen LogP contribution is 2.46. The smallest absolute Gasteiger partial charge is 0.126 e. The summed E-state index contributed by atoms with van der Waals surface area (Å²) in [6.07, 6.45) is 0. The van der Waals surface area contributed by atoms with E-state index < -0.39 is 23.2 Å². The number of nitrogens with zero attached hydrogens (tertiary/aromatic N) is 2. The van der Waals surface area contributed by atoms with Crippen LogP contribution >= 0.6 is 11.6 Å². The maximum absolute atomic E-state index is 15.3. The van der Waals surface area contributed by atoms with E-state index in [2.05, 4.69) is 11.0 Å². The van der Waals surface area contributed by atoms with Crippen molar-refractivity contribution in [1.82, 2.24) is 4.90 Å². The summed E-state index contributed by atoms with van der Waals surface area (Å²) in [5.41, 5.74) is 1.04. The lowest BCUT2D eigenvalue weighted by atomic mass is 9.72. The summed E-state index contributed by atoms with van der Waals surface area (Å²) >= 11 is 6.09. The molecule has 0 N–H and O–H groups in total. The Morgan fingerprint density at radius 1 is 0.970 bits per heavy atom. The minimum absolute atomic E-state index is 0.143. The van der Waals surface area contributed by atoms with E-state index in [4.69, 9.17) is 11.6 Å². The third kappa shape index (κ3) is 4.93. The van der Waals surface area contributed by atoms with Crippen LogP contribution in [0.4, 0.5) is 13.2 Å². The highest BCUT2D eigenvalue weighted by molar-refractivity contribution is 6.30. The Morgan fingerprint density at radius 3 is 2.15 bits per heavy atom. The number of rotatable bonds is 6. The molecular weight excluding hydrogens is 445 g/mol. The van der Waals surface area contributed by atoms with Gasteiger partial charge >= 0.3 is 0 Å². The molecule has 0 saturated carbocycles. The van der Waals surface area contributed by atoms with Crippen molar-refractivity contribution in [3.8, 4) is 6.07 Å². The van der Waals surface area contributed by atoms with E-state index >= 15 is 4.39 Å². The van der Waals surface area contributed by atoms with Crippen LogP contribution < -0.4 is 0 Å². The average molecular weight is 469 g/mol. The number of hydrogen-bond acceptors (Lipinski definition) is 2. The van der Waals surface area contributed by atoms with Crippen LogP contribution in [0.5, 0.6) is 0 Å². The van der Waals surface area contributed by atoms with Crippen LogP contribution in [0.2, 0.25) is 5.02 Å². The van der Waals surface area contributed by atoms with Gasteiger partial charge in [0.05, 0.1) is 17.7 Å². The molecule has 0 bridgehead atoms. The lowest BCUT2D eigenvalue weighted by Crippen LogP contribution is -2.54. The standard InChI is InChI=1S/C27H24ClF3N2/c1-27(2,31)25(19-11-22(29)13-23(30)12-19)20-15-33(16-20)26(17-7-9-21(28)10-8-17)24-6-4-3-5-18(24)14-32/h3-13,20,25-26H,15-16H2,1-2H3/t25-,26+/m1/s1. The Morgan fingerprint density at radius 2 is 1.58 bits per heavy atom. The van der Waals surface area contributed by atoms with Gasteiger partial charge in [-0.1, -0.05) is 41.9 Å². The van der Waals surface area contributed by atoms with Gasteiger partial charge in [0, 0.05) is 30.1 Å². The van der Waals surface area contributed by atoms with Crippen molar-refractivity contribution in [2.75, 3.05) is 13.1 Å². The van der Waals surface area contributed by atoms with E-state index in [1.165, 1.54) is 26.0 Å². The highest BCUT2D eigenvalue weighted by Gasteiger charge is 2.45. The van der Waals surface area contributed by atoms with Crippen molar-refractivity contribution < 1.29 is 13.2 Å². The first-order valence-electron chi connectivity index (χ1n) is 10.8. The second kappa shape index (κ2) is 9.21. The first-order valence-corrected chi connectivity index (χ1v) is 11.2. The van der Waals surface area contributed by atoms with Crippen molar-refractivity contribution in [2.24, 2.45) is 5.92 Å². The Bertz CT molecular complexity index is 1150. The topological polar surface area (TPSA) is 27.0 Å². The molecule has 1 saturated heterocycles. The minimum Gasteiger partial charge on any atom is -0.292 e. The van der Waals surface area contributed by atoms with Crippen molar-refractivity contribution in [1.29, 1.82) is 5.26 Å². The molecule has 1 heterocycles. The molecule has 0 unspecified atom stereocenters. The fourth-order valence-electron chi connectivity index (χ4n) is 5.02. The van der Waals surface area contributed by atoms with Crippen LogP contribution in [0.1, 0.15) is 48.1 Å². The summed E-state index contributed by atoms with van der Waals surface area (Å²) in [5.74, 6) is -2.24. The molecule has 1 aliphatic rings.